The summed E-state index contributed by atoms with van der Waals surface area (Å²) in [6.45, 7) is 1.40. The molecule has 1 amide bonds. The number of benzene rings is 1. The number of thiazole rings is 1. The predicted octanol–water partition coefficient (Wildman–Crippen LogP) is 4.51. The number of aliphatic hydroxyl groups excluding tert-OH is 1. The third kappa shape index (κ3) is 7.62. The summed E-state index contributed by atoms with van der Waals surface area (Å²) in [6, 6.07) is 4.30. The molecule has 0 bridgehead atoms. The highest BCUT2D eigenvalue weighted by atomic mass is 35.5. The van der Waals surface area contributed by atoms with Crippen LogP contribution in [0.15, 0.2) is 35.8 Å². The molecule has 1 aliphatic rings. The number of hydrogen-bond acceptors (Lipinski definition) is 8. The molecule has 1 aromatic carbocycles. The van der Waals surface area contributed by atoms with Crippen LogP contribution in [-0.2, 0) is 11.0 Å². The van der Waals surface area contributed by atoms with Crippen molar-refractivity contribution < 1.29 is 37.4 Å². The minimum atomic E-state index is -4.85. The molecule has 2 aromatic heterocycles. The summed E-state index contributed by atoms with van der Waals surface area (Å²) < 4.78 is 53.3. The summed E-state index contributed by atoms with van der Waals surface area (Å²) in [5.74, 6) is -2.87. The second-order valence-electron chi connectivity index (χ2n) is 8.30. The molecule has 1 saturated heterocycles. The van der Waals surface area contributed by atoms with E-state index in [-0.39, 0.29) is 33.6 Å². The minimum Gasteiger partial charge on any atom is -0.481 e. The van der Waals surface area contributed by atoms with E-state index in [1.807, 2.05) is 4.90 Å². The van der Waals surface area contributed by atoms with Crippen molar-refractivity contribution in [3.63, 3.8) is 0 Å². The first-order valence-electron chi connectivity index (χ1n) is 11.5. The van der Waals surface area contributed by atoms with E-state index in [0.717, 1.165) is 17.4 Å². The van der Waals surface area contributed by atoms with E-state index in [0.29, 0.717) is 44.4 Å². The van der Waals surface area contributed by atoms with E-state index < -0.39 is 35.4 Å². The van der Waals surface area contributed by atoms with Crippen LogP contribution >= 0.6 is 22.9 Å². The topological polar surface area (TPSA) is 142 Å². The first-order valence-corrected chi connectivity index (χ1v) is 12.8. The highest BCUT2D eigenvalue weighted by Crippen LogP contribution is 2.36. The SMILES string of the molecule is NCCO.O=C(Nc1nc(-c2cccc(C(F)(F)F)c2F)cs1)c1cnc(N2CCC(C(=O)O)CC2)c(Cl)c1. The zero-order chi connectivity index (χ0) is 28.7. The van der Waals surface area contributed by atoms with Crippen LogP contribution in [0, 0.1) is 11.7 Å². The summed E-state index contributed by atoms with van der Waals surface area (Å²) >= 11 is 7.24. The van der Waals surface area contributed by atoms with Gasteiger partial charge in [0.15, 0.2) is 5.13 Å². The molecular formula is C24H24ClF4N5O4S. The minimum absolute atomic E-state index is 0.0508. The van der Waals surface area contributed by atoms with Crippen molar-refractivity contribution in [2.45, 2.75) is 19.0 Å². The number of carboxylic acid groups (broad SMARTS) is 1. The fourth-order valence-electron chi connectivity index (χ4n) is 3.70. The number of carbonyl (C=O) groups excluding carboxylic acids is 1. The zero-order valence-electron chi connectivity index (χ0n) is 20.2. The van der Waals surface area contributed by atoms with Gasteiger partial charge in [0.1, 0.15) is 11.6 Å². The number of carboxylic acids is 1. The monoisotopic (exact) mass is 589 g/mol. The van der Waals surface area contributed by atoms with Gasteiger partial charge in [-0.2, -0.15) is 13.2 Å². The average molecular weight is 590 g/mol. The lowest BCUT2D eigenvalue weighted by Gasteiger charge is -2.31. The summed E-state index contributed by atoms with van der Waals surface area (Å²) in [5, 5.41) is 21.0. The summed E-state index contributed by atoms with van der Waals surface area (Å²) in [6.07, 6.45) is -2.64. The number of rotatable bonds is 6. The molecule has 210 valence electrons. The Morgan fingerprint density at radius 2 is 1.92 bits per heavy atom. The maximum Gasteiger partial charge on any atom is 0.419 e. The second-order valence-corrected chi connectivity index (χ2v) is 9.56. The zero-order valence-corrected chi connectivity index (χ0v) is 21.8. The molecule has 0 saturated carbocycles. The smallest absolute Gasteiger partial charge is 0.419 e. The van der Waals surface area contributed by atoms with E-state index >= 15 is 0 Å². The number of carbonyl (C=O) groups is 2. The lowest BCUT2D eigenvalue weighted by atomic mass is 9.97. The molecule has 1 fully saturated rings. The van der Waals surface area contributed by atoms with Crippen LogP contribution in [-0.4, -0.2) is 58.3 Å². The Hall–Kier alpha value is -3.33. The van der Waals surface area contributed by atoms with Crippen molar-refractivity contribution in [3.05, 3.63) is 57.8 Å². The van der Waals surface area contributed by atoms with Crippen molar-refractivity contribution in [2.75, 3.05) is 36.5 Å². The number of pyridine rings is 1. The third-order valence-corrected chi connectivity index (χ3v) is 6.70. The van der Waals surface area contributed by atoms with E-state index in [1.165, 1.54) is 23.7 Å². The van der Waals surface area contributed by atoms with Gasteiger partial charge in [-0.05, 0) is 31.0 Å². The maximum absolute atomic E-state index is 14.4. The van der Waals surface area contributed by atoms with Crippen LogP contribution in [0.5, 0.6) is 0 Å². The molecule has 0 aliphatic carbocycles. The normalized spacial score (nSPS) is 14.0. The lowest BCUT2D eigenvalue weighted by Crippen LogP contribution is -2.37. The van der Waals surface area contributed by atoms with Crippen molar-refractivity contribution in [1.29, 1.82) is 0 Å². The van der Waals surface area contributed by atoms with Crippen molar-refractivity contribution in [1.82, 2.24) is 9.97 Å². The van der Waals surface area contributed by atoms with Crippen LogP contribution in [0.1, 0.15) is 28.8 Å². The largest absolute Gasteiger partial charge is 0.481 e. The lowest BCUT2D eigenvalue weighted by molar-refractivity contribution is -0.142. The van der Waals surface area contributed by atoms with Crippen LogP contribution in [0.2, 0.25) is 5.02 Å². The summed E-state index contributed by atoms with van der Waals surface area (Å²) in [7, 11) is 0. The van der Waals surface area contributed by atoms with E-state index in [4.69, 9.17) is 27.5 Å². The number of halogens is 5. The van der Waals surface area contributed by atoms with Gasteiger partial charge in [0.05, 0.1) is 34.4 Å². The second kappa shape index (κ2) is 13.2. The Bertz CT molecular complexity index is 1310. The first-order chi connectivity index (χ1) is 18.5. The van der Waals surface area contributed by atoms with Crippen LogP contribution < -0.4 is 16.0 Å². The highest BCUT2D eigenvalue weighted by Gasteiger charge is 2.35. The molecule has 3 aromatic rings. The first kappa shape index (κ1) is 30.2. The molecule has 4 rings (SSSR count). The average Bonchev–Trinajstić information content (AvgIpc) is 3.36. The highest BCUT2D eigenvalue weighted by molar-refractivity contribution is 7.14. The van der Waals surface area contributed by atoms with Crippen molar-refractivity contribution in [3.8, 4) is 11.3 Å². The number of nitrogens with two attached hydrogens (primary N) is 1. The van der Waals surface area contributed by atoms with Crippen LogP contribution in [0.25, 0.3) is 11.3 Å². The third-order valence-electron chi connectivity index (χ3n) is 5.66. The predicted molar refractivity (Wildman–Crippen MR) is 138 cm³/mol. The van der Waals surface area contributed by atoms with Crippen LogP contribution in [0.4, 0.5) is 28.5 Å². The molecule has 39 heavy (non-hydrogen) atoms. The molecule has 0 spiro atoms. The van der Waals surface area contributed by atoms with Gasteiger partial charge in [0, 0.05) is 36.8 Å². The molecule has 1 aliphatic heterocycles. The van der Waals surface area contributed by atoms with Gasteiger partial charge in [0.2, 0.25) is 0 Å². The van der Waals surface area contributed by atoms with Crippen molar-refractivity contribution in [2.24, 2.45) is 11.7 Å². The van der Waals surface area contributed by atoms with Gasteiger partial charge in [-0.15, -0.1) is 11.3 Å². The molecule has 0 unspecified atom stereocenters. The number of hydrogen-bond donors (Lipinski definition) is 4. The summed E-state index contributed by atoms with van der Waals surface area (Å²) in [4.78, 5) is 33.9. The Kier molecular flexibility index (Phi) is 10.2. The Morgan fingerprint density at radius 1 is 1.26 bits per heavy atom. The van der Waals surface area contributed by atoms with Gasteiger partial charge < -0.3 is 20.8 Å². The molecular weight excluding hydrogens is 566 g/mol. The number of nitrogens with zero attached hydrogens (tertiary/aromatic N) is 3. The fraction of sp³-hybridized carbons (Fsp3) is 0.333. The fourth-order valence-corrected chi connectivity index (χ4v) is 4.69. The van der Waals surface area contributed by atoms with Gasteiger partial charge in [-0.1, -0.05) is 17.7 Å². The number of piperidine rings is 1. The molecule has 9 nitrogen and oxygen atoms in total. The number of aromatic nitrogens is 2. The Balaban J connectivity index is 0.000000983. The molecule has 0 atom stereocenters. The van der Waals surface area contributed by atoms with Gasteiger partial charge in [-0.25, -0.2) is 14.4 Å². The number of aliphatic carboxylic acids is 1. The molecule has 15 heteroatoms. The number of alkyl halides is 3. The maximum atomic E-state index is 14.4. The van der Waals surface area contributed by atoms with E-state index in [1.54, 1.807) is 0 Å². The number of aliphatic hydroxyl groups is 1. The molecule has 0 radical (unpaired) electrons. The van der Waals surface area contributed by atoms with Crippen LogP contribution in [0.3, 0.4) is 0 Å². The van der Waals surface area contributed by atoms with Crippen molar-refractivity contribution >= 4 is 45.8 Å². The number of amides is 1. The standard InChI is InChI=1S/C22H17ClF4N4O3S.C2H7NO/c23-15-8-12(9-28-18(15)31-6-4-11(5-7-31)20(33)34)19(32)30-21-29-16(10-35-21)13-2-1-3-14(17(13)24)22(25,26)27;3-1-2-4/h1-3,8-11H,4-7H2,(H,33,34)(H,29,30,32);4H,1-3H2. The Morgan fingerprint density at radius 3 is 2.49 bits per heavy atom. The number of nitrogens with one attached hydrogen (secondary N) is 1. The van der Waals surface area contributed by atoms with E-state index in [2.05, 4.69) is 15.3 Å². The number of anilines is 2. The Labute approximate surface area is 229 Å². The van der Waals surface area contributed by atoms with Gasteiger partial charge >= 0.3 is 12.1 Å². The van der Waals surface area contributed by atoms with Gasteiger partial charge in [0.25, 0.3) is 5.91 Å². The van der Waals surface area contributed by atoms with E-state index in [9.17, 15) is 27.2 Å². The molecule has 3 heterocycles. The quantitative estimate of drug-likeness (QED) is 0.308. The molecule has 5 N–H and O–H groups in total. The van der Waals surface area contributed by atoms with Gasteiger partial charge in [-0.3, -0.25) is 14.9 Å². The summed E-state index contributed by atoms with van der Waals surface area (Å²) in [5.41, 5.74) is 3.10.